The Hall–Kier alpha value is -4.26. The third-order valence-electron chi connectivity index (χ3n) is 6.08. The number of hydrogen-bond acceptors (Lipinski definition) is 4. The molecule has 7 heteroatoms. The number of carbonyl (C=O) groups excluding carboxylic acids is 4. The molecule has 0 radical (unpaired) electrons. The van der Waals surface area contributed by atoms with Gasteiger partial charge in [-0.25, -0.2) is 0 Å². The largest absolute Gasteiger partial charge is 0.345 e. The van der Waals surface area contributed by atoms with E-state index in [1.165, 1.54) is 0 Å². The monoisotopic (exact) mass is 499 g/mol. The van der Waals surface area contributed by atoms with E-state index in [1.54, 1.807) is 37.3 Å². The SMILES string of the molecule is CC(NC(=O)C(Cc1ccc(-c2ccccc2)cc1)NC(=O)c1ccccc1)C(=O)NC(C=O)C(C)C. The summed E-state index contributed by atoms with van der Waals surface area (Å²) >= 11 is 0. The first kappa shape index (κ1) is 27.3. The van der Waals surface area contributed by atoms with Crippen LogP contribution < -0.4 is 16.0 Å². The van der Waals surface area contributed by atoms with Crippen molar-refractivity contribution >= 4 is 24.0 Å². The fraction of sp³-hybridized carbons (Fsp3) is 0.267. The molecule has 0 aliphatic carbocycles. The summed E-state index contributed by atoms with van der Waals surface area (Å²) in [6.07, 6.45) is 0.913. The van der Waals surface area contributed by atoms with Gasteiger partial charge in [0, 0.05) is 12.0 Å². The van der Waals surface area contributed by atoms with E-state index in [-0.39, 0.29) is 18.2 Å². The van der Waals surface area contributed by atoms with Crippen molar-refractivity contribution in [3.8, 4) is 11.1 Å². The second-order valence-electron chi connectivity index (χ2n) is 9.30. The standard InChI is InChI=1S/C30H33N3O4/c1-20(2)27(19-34)33-28(35)21(3)31-30(37)26(32-29(36)25-12-8-5-9-13-25)18-22-14-16-24(17-15-22)23-10-6-4-7-11-23/h4-17,19-21,26-27H,18H2,1-3H3,(H,31,37)(H,32,36)(H,33,35). The van der Waals surface area contributed by atoms with Gasteiger partial charge in [-0.05, 0) is 41.7 Å². The molecule has 3 amide bonds. The zero-order chi connectivity index (χ0) is 26.8. The Kier molecular flexibility index (Phi) is 9.72. The topological polar surface area (TPSA) is 104 Å². The number of nitrogens with one attached hydrogen (secondary N) is 3. The van der Waals surface area contributed by atoms with Crippen molar-refractivity contribution in [2.24, 2.45) is 5.92 Å². The second-order valence-corrected chi connectivity index (χ2v) is 9.30. The van der Waals surface area contributed by atoms with Gasteiger partial charge in [0.05, 0.1) is 6.04 Å². The van der Waals surface area contributed by atoms with E-state index in [0.717, 1.165) is 16.7 Å². The van der Waals surface area contributed by atoms with Crippen LogP contribution in [0.15, 0.2) is 84.9 Å². The Balaban J connectivity index is 1.75. The highest BCUT2D eigenvalue weighted by Crippen LogP contribution is 2.20. The van der Waals surface area contributed by atoms with Gasteiger partial charge in [-0.1, -0.05) is 86.6 Å². The van der Waals surface area contributed by atoms with Gasteiger partial charge in [-0.15, -0.1) is 0 Å². The maximum atomic E-state index is 13.2. The molecule has 3 aromatic carbocycles. The second kappa shape index (κ2) is 13.2. The summed E-state index contributed by atoms with van der Waals surface area (Å²) in [5, 5.41) is 8.12. The van der Waals surface area contributed by atoms with Crippen LogP contribution in [0.4, 0.5) is 0 Å². The van der Waals surface area contributed by atoms with Gasteiger partial charge in [0.2, 0.25) is 11.8 Å². The van der Waals surface area contributed by atoms with E-state index in [1.807, 2.05) is 68.4 Å². The number of rotatable bonds is 11. The predicted molar refractivity (Wildman–Crippen MR) is 144 cm³/mol. The highest BCUT2D eigenvalue weighted by atomic mass is 16.2. The van der Waals surface area contributed by atoms with Crippen molar-refractivity contribution in [3.05, 3.63) is 96.1 Å². The zero-order valence-corrected chi connectivity index (χ0v) is 21.3. The van der Waals surface area contributed by atoms with Crippen molar-refractivity contribution in [2.45, 2.75) is 45.3 Å². The van der Waals surface area contributed by atoms with Gasteiger partial charge in [-0.3, -0.25) is 14.4 Å². The van der Waals surface area contributed by atoms with Gasteiger partial charge in [-0.2, -0.15) is 0 Å². The van der Waals surface area contributed by atoms with Crippen molar-refractivity contribution in [1.29, 1.82) is 0 Å². The molecular weight excluding hydrogens is 466 g/mol. The third-order valence-corrected chi connectivity index (χ3v) is 6.08. The molecule has 3 unspecified atom stereocenters. The first-order valence-electron chi connectivity index (χ1n) is 12.3. The van der Waals surface area contributed by atoms with Crippen molar-refractivity contribution in [2.75, 3.05) is 0 Å². The minimum Gasteiger partial charge on any atom is -0.345 e. The van der Waals surface area contributed by atoms with Crippen LogP contribution >= 0.6 is 0 Å². The minimum atomic E-state index is -0.919. The Morgan fingerprint density at radius 3 is 1.84 bits per heavy atom. The summed E-state index contributed by atoms with van der Waals surface area (Å²) in [5.74, 6) is -1.44. The summed E-state index contributed by atoms with van der Waals surface area (Å²) in [6, 6.07) is 23.9. The summed E-state index contributed by atoms with van der Waals surface area (Å²) in [4.78, 5) is 49.9. The summed E-state index contributed by atoms with van der Waals surface area (Å²) in [7, 11) is 0. The smallest absolute Gasteiger partial charge is 0.251 e. The average molecular weight is 500 g/mol. The molecule has 3 N–H and O–H groups in total. The molecule has 192 valence electrons. The molecule has 0 aromatic heterocycles. The normalized spacial score (nSPS) is 13.2. The number of aldehydes is 1. The van der Waals surface area contributed by atoms with Gasteiger partial charge in [0.1, 0.15) is 18.4 Å². The molecule has 37 heavy (non-hydrogen) atoms. The molecule has 0 saturated carbocycles. The highest BCUT2D eigenvalue weighted by molar-refractivity contribution is 5.98. The molecule has 0 aliphatic heterocycles. The Labute approximate surface area is 217 Å². The van der Waals surface area contributed by atoms with E-state index in [0.29, 0.717) is 11.8 Å². The Morgan fingerprint density at radius 2 is 1.27 bits per heavy atom. The molecule has 3 aromatic rings. The molecule has 0 bridgehead atoms. The lowest BCUT2D eigenvalue weighted by Crippen LogP contribution is -2.55. The van der Waals surface area contributed by atoms with Crippen LogP contribution in [-0.4, -0.2) is 42.1 Å². The van der Waals surface area contributed by atoms with Gasteiger partial charge < -0.3 is 20.7 Å². The first-order valence-corrected chi connectivity index (χ1v) is 12.3. The predicted octanol–water partition coefficient (Wildman–Crippen LogP) is 3.54. The zero-order valence-electron chi connectivity index (χ0n) is 21.3. The Bertz CT molecular complexity index is 1190. The van der Waals surface area contributed by atoms with Crippen LogP contribution in [0.3, 0.4) is 0 Å². The quantitative estimate of drug-likeness (QED) is 0.351. The number of carbonyl (C=O) groups is 4. The maximum Gasteiger partial charge on any atom is 0.251 e. The number of benzene rings is 3. The summed E-state index contributed by atoms with van der Waals surface area (Å²) in [5.41, 5.74) is 3.40. The maximum absolute atomic E-state index is 13.2. The van der Waals surface area contributed by atoms with Crippen LogP contribution in [0.2, 0.25) is 0 Å². The fourth-order valence-corrected chi connectivity index (χ4v) is 3.77. The molecule has 0 fully saturated rings. The van der Waals surface area contributed by atoms with Gasteiger partial charge in [0.15, 0.2) is 0 Å². The van der Waals surface area contributed by atoms with E-state index in [9.17, 15) is 19.2 Å². The molecule has 7 nitrogen and oxygen atoms in total. The Morgan fingerprint density at radius 1 is 0.703 bits per heavy atom. The van der Waals surface area contributed by atoms with Crippen LogP contribution in [0, 0.1) is 5.92 Å². The molecule has 0 spiro atoms. The first-order chi connectivity index (χ1) is 17.8. The number of amides is 3. The lowest BCUT2D eigenvalue weighted by molar-refractivity contribution is -0.130. The molecule has 0 saturated heterocycles. The number of hydrogen-bond donors (Lipinski definition) is 3. The molecule has 0 heterocycles. The molecule has 0 aliphatic rings. The lowest BCUT2D eigenvalue weighted by atomic mass is 10.00. The molecule has 3 atom stereocenters. The van der Waals surface area contributed by atoms with Gasteiger partial charge >= 0.3 is 0 Å². The average Bonchev–Trinajstić information content (AvgIpc) is 2.92. The van der Waals surface area contributed by atoms with Crippen LogP contribution in [0.25, 0.3) is 11.1 Å². The van der Waals surface area contributed by atoms with E-state index < -0.39 is 29.9 Å². The van der Waals surface area contributed by atoms with Gasteiger partial charge in [0.25, 0.3) is 5.91 Å². The summed E-state index contributed by atoms with van der Waals surface area (Å²) in [6.45, 7) is 5.18. The minimum absolute atomic E-state index is 0.0823. The van der Waals surface area contributed by atoms with Crippen LogP contribution in [-0.2, 0) is 20.8 Å². The van der Waals surface area contributed by atoms with Crippen molar-refractivity contribution < 1.29 is 19.2 Å². The van der Waals surface area contributed by atoms with E-state index in [2.05, 4.69) is 16.0 Å². The lowest BCUT2D eigenvalue weighted by Gasteiger charge is -2.23. The van der Waals surface area contributed by atoms with Crippen LogP contribution in [0.5, 0.6) is 0 Å². The van der Waals surface area contributed by atoms with E-state index in [4.69, 9.17) is 0 Å². The third kappa shape index (κ3) is 7.87. The summed E-state index contributed by atoms with van der Waals surface area (Å²) < 4.78 is 0. The van der Waals surface area contributed by atoms with Crippen LogP contribution in [0.1, 0.15) is 36.7 Å². The van der Waals surface area contributed by atoms with Crippen molar-refractivity contribution in [1.82, 2.24) is 16.0 Å². The van der Waals surface area contributed by atoms with E-state index >= 15 is 0 Å². The highest BCUT2D eigenvalue weighted by Gasteiger charge is 2.26. The van der Waals surface area contributed by atoms with Crippen molar-refractivity contribution in [3.63, 3.8) is 0 Å². The fourth-order valence-electron chi connectivity index (χ4n) is 3.77. The molecule has 3 rings (SSSR count). The molecular formula is C30H33N3O4.